The smallest absolute Gasteiger partial charge is 0.341 e. The van der Waals surface area contributed by atoms with Crippen LogP contribution in [0.4, 0.5) is 5.69 Å². The maximum absolute atomic E-state index is 12.1. The molecule has 0 fully saturated rings. The van der Waals surface area contributed by atoms with Crippen molar-refractivity contribution in [3.05, 3.63) is 48.0 Å². The Morgan fingerprint density at radius 1 is 1.00 bits per heavy atom. The van der Waals surface area contributed by atoms with Crippen molar-refractivity contribution in [2.24, 2.45) is 0 Å². The van der Waals surface area contributed by atoms with Crippen LogP contribution in [0.5, 0.6) is 17.2 Å². The van der Waals surface area contributed by atoms with E-state index in [9.17, 15) is 9.59 Å². The van der Waals surface area contributed by atoms with Crippen LogP contribution in [-0.2, 0) is 16.0 Å². The molecule has 0 saturated heterocycles. The van der Waals surface area contributed by atoms with Crippen LogP contribution in [0.1, 0.15) is 18.4 Å². The number of amides is 1. The van der Waals surface area contributed by atoms with Crippen molar-refractivity contribution in [3.63, 3.8) is 0 Å². The molecule has 0 heterocycles. The number of hydrogen-bond acceptors (Lipinski definition) is 5. The Balaban J connectivity index is 1.80. The fraction of sp³-hybridized carbons (Fsp3) is 0.300. The lowest BCUT2D eigenvalue weighted by Crippen LogP contribution is -2.12. The minimum atomic E-state index is -1.04. The van der Waals surface area contributed by atoms with E-state index in [1.165, 1.54) is 0 Å². The van der Waals surface area contributed by atoms with Gasteiger partial charge in [-0.3, -0.25) is 4.79 Å². The van der Waals surface area contributed by atoms with Crippen LogP contribution in [0.3, 0.4) is 0 Å². The second kappa shape index (κ2) is 10.1. The van der Waals surface area contributed by atoms with E-state index in [1.807, 2.05) is 18.2 Å². The Labute approximate surface area is 157 Å². The lowest BCUT2D eigenvalue weighted by molar-refractivity contribution is -0.139. The summed E-state index contributed by atoms with van der Waals surface area (Å²) in [7, 11) is 3.21. The van der Waals surface area contributed by atoms with Gasteiger partial charge in [-0.2, -0.15) is 0 Å². The third kappa shape index (κ3) is 6.54. The lowest BCUT2D eigenvalue weighted by atomic mass is 10.1. The molecule has 2 aromatic rings. The molecule has 0 aliphatic heterocycles. The monoisotopic (exact) mass is 373 g/mol. The number of methoxy groups -OCH3 is 2. The third-order valence-electron chi connectivity index (χ3n) is 3.84. The van der Waals surface area contributed by atoms with Gasteiger partial charge in [0, 0.05) is 18.2 Å². The van der Waals surface area contributed by atoms with E-state index in [4.69, 9.17) is 19.3 Å². The summed E-state index contributed by atoms with van der Waals surface area (Å²) < 4.78 is 15.6. The van der Waals surface area contributed by atoms with Crippen LogP contribution < -0.4 is 19.5 Å². The highest BCUT2D eigenvalue weighted by Crippen LogP contribution is 2.26. The fourth-order valence-electron chi connectivity index (χ4n) is 2.50. The molecule has 7 heteroatoms. The molecular weight excluding hydrogens is 350 g/mol. The molecular formula is C20H23NO6. The summed E-state index contributed by atoms with van der Waals surface area (Å²) in [5.74, 6) is 0.764. The standard InChI is InChI=1S/C20H23NO6/c1-25-17-9-6-14(18(12-17)26-2)4-3-5-19(22)21-15-7-10-16(11-8-15)27-13-20(23)24/h6-12H,3-5,13H2,1-2H3,(H,21,22)(H,23,24). The molecule has 0 unspecified atom stereocenters. The van der Waals surface area contributed by atoms with E-state index in [-0.39, 0.29) is 5.91 Å². The van der Waals surface area contributed by atoms with E-state index in [0.29, 0.717) is 30.7 Å². The number of ether oxygens (including phenoxy) is 3. The zero-order valence-corrected chi connectivity index (χ0v) is 15.4. The van der Waals surface area contributed by atoms with Crippen LogP contribution in [0.2, 0.25) is 0 Å². The van der Waals surface area contributed by atoms with Crippen LogP contribution in [0.15, 0.2) is 42.5 Å². The first-order valence-electron chi connectivity index (χ1n) is 8.47. The predicted octanol–water partition coefficient (Wildman–Crippen LogP) is 3.13. The molecule has 2 rings (SSSR count). The van der Waals surface area contributed by atoms with Crippen LogP contribution >= 0.6 is 0 Å². The molecule has 0 spiro atoms. The molecule has 0 aromatic heterocycles. The number of carbonyl (C=O) groups is 2. The van der Waals surface area contributed by atoms with Gasteiger partial charge in [-0.25, -0.2) is 4.79 Å². The highest BCUT2D eigenvalue weighted by Gasteiger charge is 2.08. The van der Waals surface area contributed by atoms with Gasteiger partial charge in [-0.1, -0.05) is 6.07 Å². The zero-order valence-electron chi connectivity index (χ0n) is 15.4. The van der Waals surface area contributed by atoms with E-state index < -0.39 is 12.6 Å². The molecule has 27 heavy (non-hydrogen) atoms. The van der Waals surface area contributed by atoms with Gasteiger partial charge in [-0.05, 0) is 48.7 Å². The number of aryl methyl sites for hydroxylation is 1. The highest BCUT2D eigenvalue weighted by atomic mass is 16.5. The number of rotatable bonds is 10. The number of carbonyl (C=O) groups excluding carboxylic acids is 1. The first-order chi connectivity index (χ1) is 13.0. The summed E-state index contributed by atoms with van der Waals surface area (Å²) in [6, 6.07) is 12.2. The van der Waals surface area contributed by atoms with Crippen molar-refractivity contribution < 1.29 is 28.9 Å². The Kier molecular flexibility index (Phi) is 7.49. The van der Waals surface area contributed by atoms with Gasteiger partial charge in [0.1, 0.15) is 17.2 Å². The second-order valence-corrected chi connectivity index (χ2v) is 5.79. The summed E-state index contributed by atoms with van der Waals surface area (Å²) >= 11 is 0. The Bertz CT molecular complexity index is 773. The molecule has 0 saturated carbocycles. The largest absolute Gasteiger partial charge is 0.497 e. The van der Waals surface area contributed by atoms with E-state index in [0.717, 1.165) is 17.1 Å². The number of carboxylic acids is 1. The number of carboxylic acid groups (broad SMARTS) is 1. The molecule has 2 N–H and O–H groups in total. The normalized spacial score (nSPS) is 10.1. The number of nitrogens with one attached hydrogen (secondary N) is 1. The summed E-state index contributed by atoms with van der Waals surface area (Å²) in [5.41, 5.74) is 1.65. The van der Waals surface area contributed by atoms with Gasteiger partial charge in [0.25, 0.3) is 0 Å². The maximum atomic E-state index is 12.1. The predicted molar refractivity (Wildman–Crippen MR) is 101 cm³/mol. The van der Waals surface area contributed by atoms with Crippen molar-refractivity contribution in [1.29, 1.82) is 0 Å². The Hall–Kier alpha value is -3.22. The zero-order chi connectivity index (χ0) is 19.6. The van der Waals surface area contributed by atoms with Gasteiger partial charge in [0.15, 0.2) is 6.61 Å². The molecule has 1 amide bonds. The average Bonchev–Trinajstić information content (AvgIpc) is 2.67. The van der Waals surface area contributed by atoms with Gasteiger partial charge < -0.3 is 24.6 Å². The van der Waals surface area contributed by atoms with E-state index >= 15 is 0 Å². The molecule has 0 atom stereocenters. The molecule has 0 aliphatic carbocycles. The Morgan fingerprint density at radius 3 is 2.33 bits per heavy atom. The fourth-order valence-corrected chi connectivity index (χ4v) is 2.50. The number of anilines is 1. The molecule has 0 aliphatic rings. The van der Waals surface area contributed by atoms with Gasteiger partial charge >= 0.3 is 5.97 Å². The maximum Gasteiger partial charge on any atom is 0.341 e. The summed E-state index contributed by atoms with van der Waals surface area (Å²) in [6.45, 7) is -0.402. The number of benzene rings is 2. The Morgan fingerprint density at radius 2 is 1.70 bits per heavy atom. The number of hydrogen-bond donors (Lipinski definition) is 2. The van der Waals surface area contributed by atoms with Crippen molar-refractivity contribution >= 4 is 17.6 Å². The van der Waals surface area contributed by atoms with Crippen molar-refractivity contribution in [1.82, 2.24) is 0 Å². The van der Waals surface area contributed by atoms with Gasteiger partial charge in [-0.15, -0.1) is 0 Å². The second-order valence-electron chi connectivity index (χ2n) is 5.79. The molecule has 0 bridgehead atoms. The van der Waals surface area contributed by atoms with E-state index in [2.05, 4.69) is 5.32 Å². The third-order valence-corrected chi connectivity index (χ3v) is 3.84. The first kappa shape index (κ1) is 20.1. The lowest BCUT2D eigenvalue weighted by Gasteiger charge is -2.10. The van der Waals surface area contributed by atoms with Gasteiger partial charge in [0.2, 0.25) is 5.91 Å². The quantitative estimate of drug-likeness (QED) is 0.664. The first-order valence-corrected chi connectivity index (χ1v) is 8.47. The van der Waals surface area contributed by atoms with Crippen molar-refractivity contribution in [3.8, 4) is 17.2 Å². The average molecular weight is 373 g/mol. The minimum absolute atomic E-state index is 0.0957. The topological polar surface area (TPSA) is 94.1 Å². The summed E-state index contributed by atoms with van der Waals surface area (Å²) in [5, 5.41) is 11.4. The van der Waals surface area contributed by atoms with Crippen LogP contribution in [0.25, 0.3) is 0 Å². The molecule has 7 nitrogen and oxygen atoms in total. The number of aliphatic carboxylic acids is 1. The van der Waals surface area contributed by atoms with Gasteiger partial charge in [0.05, 0.1) is 14.2 Å². The van der Waals surface area contributed by atoms with Crippen molar-refractivity contribution in [2.75, 3.05) is 26.1 Å². The summed E-state index contributed by atoms with van der Waals surface area (Å²) in [4.78, 5) is 22.6. The molecule has 0 radical (unpaired) electrons. The van der Waals surface area contributed by atoms with Crippen LogP contribution in [0, 0.1) is 0 Å². The van der Waals surface area contributed by atoms with Crippen LogP contribution in [-0.4, -0.2) is 37.8 Å². The SMILES string of the molecule is COc1ccc(CCCC(=O)Nc2ccc(OCC(=O)O)cc2)c(OC)c1. The van der Waals surface area contributed by atoms with Crippen molar-refractivity contribution in [2.45, 2.75) is 19.3 Å². The molecule has 2 aromatic carbocycles. The molecule has 144 valence electrons. The summed E-state index contributed by atoms with van der Waals surface area (Å²) in [6.07, 6.45) is 1.75. The minimum Gasteiger partial charge on any atom is -0.497 e. The van der Waals surface area contributed by atoms with E-state index in [1.54, 1.807) is 38.5 Å². The highest BCUT2D eigenvalue weighted by molar-refractivity contribution is 5.90.